The molecule has 112 valence electrons. The first-order chi connectivity index (χ1) is 10.6. The van der Waals surface area contributed by atoms with Gasteiger partial charge in [-0.25, -0.2) is 4.98 Å². The van der Waals surface area contributed by atoms with E-state index < -0.39 is 0 Å². The second-order valence-electron chi connectivity index (χ2n) is 5.33. The Bertz CT molecular complexity index is 762. The number of nitriles is 1. The normalized spacial score (nSPS) is 13.5. The summed E-state index contributed by atoms with van der Waals surface area (Å²) in [5, 5.41) is 9.31. The fourth-order valence-electron chi connectivity index (χ4n) is 2.97. The van der Waals surface area contributed by atoms with Gasteiger partial charge in [0.2, 0.25) is 5.95 Å². The summed E-state index contributed by atoms with van der Waals surface area (Å²) >= 11 is 0. The van der Waals surface area contributed by atoms with Crippen molar-refractivity contribution in [3.8, 4) is 17.3 Å². The zero-order chi connectivity index (χ0) is 15.7. The first kappa shape index (κ1) is 14.1. The van der Waals surface area contributed by atoms with Crippen LogP contribution in [-0.4, -0.2) is 23.1 Å². The molecule has 0 amide bonds. The van der Waals surface area contributed by atoms with Gasteiger partial charge < -0.3 is 16.4 Å². The number of fused-ring (bicyclic) bond motifs is 1. The lowest BCUT2D eigenvalue weighted by molar-refractivity contribution is 0.708. The van der Waals surface area contributed by atoms with Crippen LogP contribution in [0, 0.1) is 11.3 Å². The van der Waals surface area contributed by atoms with Gasteiger partial charge >= 0.3 is 0 Å². The molecule has 1 aromatic heterocycles. The van der Waals surface area contributed by atoms with Crippen LogP contribution in [0.4, 0.5) is 17.5 Å². The minimum Gasteiger partial charge on any atom is -0.382 e. The van der Waals surface area contributed by atoms with Gasteiger partial charge in [-0.2, -0.15) is 10.2 Å². The van der Waals surface area contributed by atoms with Gasteiger partial charge in [-0.05, 0) is 37.5 Å². The Hall–Kier alpha value is -2.81. The minimum absolute atomic E-state index is 0.0828. The third-order valence-electron chi connectivity index (χ3n) is 4.02. The molecule has 2 aromatic rings. The fourth-order valence-corrected chi connectivity index (χ4v) is 2.97. The molecule has 0 fully saturated rings. The van der Waals surface area contributed by atoms with E-state index in [1.54, 1.807) is 0 Å². The van der Waals surface area contributed by atoms with Crippen LogP contribution in [0.1, 0.15) is 24.5 Å². The van der Waals surface area contributed by atoms with E-state index in [1.807, 2.05) is 6.07 Å². The molecule has 0 radical (unpaired) electrons. The van der Waals surface area contributed by atoms with Crippen LogP contribution in [0.15, 0.2) is 18.2 Å². The summed E-state index contributed by atoms with van der Waals surface area (Å²) in [6, 6.07) is 8.21. The van der Waals surface area contributed by atoms with Gasteiger partial charge in [0.25, 0.3) is 0 Å². The number of nitrogen functional groups attached to an aromatic ring is 2. The molecular formula is C16H18N6. The third-order valence-corrected chi connectivity index (χ3v) is 4.02. The maximum atomic E-state index is 9.31. The van der Waals surface area contributed by atoms with E-state index in [4.69, 9.17) is 11.5 Å². The van der Waals surface area contributed by atoms with Crippen LogP contribution in [0.3, 0.4) is 0 Å². The van der Waals surface area contributed by atoms with Crippen molar-refractivity contribution >= 4 is 17.5 Å². The number of anilines is 3. The second kappa shape index (κ2) is 5.53. The van der Waals surface area contributed by atoms with Crippen LogP contribution in [0.25, 0.3) is 11.3 Å². The Morgan fingerprint density at radius 2 is 2.14 bits per heavy atom. The van der Waals surface area contributed by atoms with Crippen molar-refractivity contribution < 1.29 is 0 Å². The molecule has 2 heterocycles. The lowest BCUT2D eigenvalue weighted by Crippen LogP contribution is -2.28. The number of aryl methyl sites for hydroxylation is 1. The highest BCUT2D eigenvalue weighted by Crippen LogP contribution is 2.33. The van der Waals surface area contributed by atoms with Crippen LogP contribution < -0.4 is 16.4 Å². The van der Waals surface area contributed by atoms with Crippen molar-refractivity contribution in [2.45, 2.75) is 19.8 Å². The van der Waals surface area contributed by atoms with E-state index >= 15 is 0 Å². The molecule has 0 atom stereocenters. The number of hydrogen-bond donors (Lipinski definition) is 2. The average molecular weight is 294 g/mol. The smallest absolute Gasteiger partial charge is 0.222 e. The highest BCUT2D eigenvalue weighted by Gasteiger charge is 2.18. The van der Waals surface area contributed by atoms with E-state index in [1.165, 1.54) is 11.3 Å². The Labute approximate surface area is 129 Å². The highest BCUT2D eigenvalue weighted by molar-refractivity contribution is 5.75. The number of aromatic nitrogens is 2. The molecular weight excluding hydrogens is 276 g/mol. The SMILES string of the molecule is CCN1CCCc2cc(-c3nc(N)nc(N)c3C#N)ccc21. The molecule has 1 aliphatic heterocycles. The van der Waals surface area contributed by atoms with Gasteiger partial charge in [-0.3, -0.25) is 0 Å². The van der Waals surface area contributed by atoms with E-state index in [0.29, 0.717) is 5.69 Å². The Kier molecular flexibility index (Phi) is 3.55. The number of benzene rings is 1. The van der Waals surface area contributed by atoms with Gasteiger partial charge in [0.15, 0.2) is 0 Å². The maximum absolute atomic E-state index is 9.31. The summed E-state index contributed by atoms with van der Waals surface area (Å²) in [5.74, 6) is 0.206. The maximum Gasteiger partial charge on any atom is 0.222 e. The molecule has 1 aliphatic rings. The standard InChI is InChI=1S/C16H18N6/c1-2-22-7-3-4-10-8-11(5-6-13(10)22)14-12(9-17)15(18)21-16(19)20-14/h5-6,8H,2-4,7H2,1H3,(H4,18,19,20,21). The lowest BCUT2D eigenvalue weighted by atomic mass is 9.97. The molecule has 6 heteroatoms. The van der Waals surface area contributed by atoms with E-state index in [2.05, 4.69) is 40.0 Å². The molecule has 0 saturated carbocycles. The predicted molar refractivity (Wildman–Crippen MR) is 87.2 cm³/mol. The number of hydrogen-bond acceptors (Lipinski definition) is 6. The summed E-state index contributed by atoms with van der Waals surface area (Å²) in [7, 11) is 0. The molecule has 0 bridgehead atoms. The zero-order valence-electron chi connectivity index (χ0n) is 12.5. The average Bonchev–Trinajstić information content (AvgIpc) is 2.53. The number of nitrogens with zero attached hydrogens (tertiary/aromatic N) is 4. The Morgan fingerprint density at radius 1 is 1.32 bits per heavy atom. The molecule has 4 N–H and O–H groups in total. The van der Waals surface area contributed by atoms with Crippen LogP contribution in [-0.2, 0) is 6.42 Å². The van der Waals surface area contributed by atoms with Crippen LogP contribution in [0.5, 0.6) is 0 Å². The van der Waals surface area contributed by atoms with Crippen LogP contribution in [0.2, 0.25) is 0 Å². The third kappa shape index (κ3) is 2.31. The molecule has 1 aromatic carbocycles. The monoisotopic (exact) mass is 294 g/mol. The van der Waals surface area contributed by atoms with E-state index in [-0.39, 0.29) is 17.3 Å². The summed E-state index contributed by atoms with van der Waals surface area (Å²) in [4.78, 5) is 10.4. The fraction of sp³-hybridized carbons (Fsp3) is 0.312. The second-order valence-corrected chi connectivity index (χ2v) is 5.33. The molecule has 3 rings (SSSR count). The molecule has 0 saturated heterocycles. The van der Waals surface area contributed by atoms with Gasteiger partial charge in [0.05, 0.1) is 5.69 Å². The van der Waals surface area contributed by atoms with Gasteiger partial charge in [-0.15, -0.1) is 0 Å². The summed E-state index contributed by atoms with van der Waals surface area (Å²) in [6.45, 7) is 4.23. The van der Waals surface area contributed by atoms with Crippen molar-refractivity contribution in [1.82, 2.24) is 9.97 Å². The summed E-state index contributed by atoms with van der Waals surface area (Å²) < 4.78 is 0. The largest absolute Gasteiger partial charge is 0.382 e. The first-order valence-electron chi connectivity index (χ1n) is 7.35. The van der Waals surface area contributed by atoms with Gasteiger partial charge in [0, 0.05) is 24.3 Å². The van der Waals surface area contributed by atoms with E-state index in [0.717, 1.165) is 31.5 Å². The zero-order valence-corrected chi connectivity index (χ0v) is 12.5. The minimum atomic E-state index is 0.0828. The Balaban J connectivity index is 2.13. The van der Waals surface area contributed by atoms with Crippen molar-refractivity contribution in [3.05, 3.63) is 29.3 Å². The summed E-state index contributed by atoms with van der Waals surface area (Å²) in [6.07, 6.45) is 2.15. The van der Waals surface area contributed by atoms with Gasteiger partial charge in [0.1, 0.15) is 17.5 Å². The number of rotatable bonds is 2. The first-order valence-corrected chi connectivity index (χ1v) is 7.35. The Morgan fingerprint density at radius 3 is 2.86 bits per heavy atom. The van der Waals surface area contributed by atoms with Crippen molar-refractivity contribution in [2.75, 3.05) is 29.5 Å². The van der Waals surface area contributed by atoms with Crippen LogP contribution >= 0.6 is 0 Å². The van der Waals surface area contributed by atoms with E-state index in [9.17, 15) is 5.26 Å². The van der Waals surface area contributed by atoms with Crippen molar-refractivity contribution in [1.29, 1.82) is 5.26 Å². The van der Waals surface area contributed by atoms with Gasteiger partial charge in [-0.1, -0.05) is 6.07 Å². The van der Waals surface area contributed by atoms with Crippen molar-refractivity contribution in [2.24, 2.45) is 0 Å². The highest BCUT2D eigenvalue weighted by atomic mass is 15.1. The predicted octanol–water partition coefficient (Wildman–Crippen LogP) is 1.95. The van der Waals surface area contributed by atoms with Crippen molar-refractivity contribution in [3.63, 3.8) is 0 Å². The molecule has 0 unspecified atom stereocenters. The lowest BCUT2D eigenvalue weighted by Gasteiger charge is -2.30. The molecule has 6 nitrogen and oxygen atoms in total. The topological polar surface area (TPSA) is 105 Å². The number of nitrogens with two attached hydrogens (primary N) is 2. The quantitative estimate of drug-likeness (QED) is 0.877. The molecule has 22 heavy (non-hydrogen) atoms. The summed E-state index contributed by atoms with van der Waals surface area (Å²) in [5.41, 5.74) is 15.6. The molecule has 0 spiro atoms. The molecule has 0 aliphatic carbocycles.